The number of nitrogens with two attached hydrogens (primary N) is 1. The Morgan fingerprint density at radius 2 is 1.82 bits per heavy atom. The Kier molecular flexibility index (Phi) is 6.90. The van der Waals surface area contributed by atoms with Crippen molar-refractivity contribution >= 4 is 22.9 Å². The summed E-state index contributed by atoms with van der Waals surface area (Å²) < 4.78 is 23.0. The first-order valence-electron chi connectivity index (χ1n) is 14.2. The molecular formula is C29H39FN8O2. The van der Waals surface area contributed by atoms with Crippen molar-refractivity contribution in [3.05, 3.63) is 36.2 Å². The van der Waals surface area contributed by atoms with Crippen molar-refractivity contribution in [2.45, 2.75) is 58.0 Å². The van der Waals surface area contributed by atoms with Crippen molar-refractivity contribution in [3.8, 4) is 11.3 Å². The quantitative estimate of drug-likeness (QED) is 0.515. The second-order valence-electron chi connectivity index (χ2n) is 12.6. The van der Waals surface area contributed by atoms with Crippen LogP contribution in [-0.2, 0) is 4.74 Å². The fourth-order valence-electron chi connectivity index (χ4n) is 6.11. The summed E-state index contributed by atoms with van der Waals surface area (Å²) in [5.74, 6) is 0.827. The Morgan fingerprint density at radius 1 is 1.10 bits per heavy atom. The summed E-state index contributed by atoms with van der Waals surface area (Å²) in [5.41, 5.74) is 9.13. The van der Waals surface area contributed by atoms with Gasteiger partial charge >= 0.3 is 6.09 Å². The first-order valence-corrected chi connectivity index (χ1v) is 14.2. The Balaban J connectivity index is 1.05. The number of ether oxygens (including phenoxy) is 1. The number of anilines is 1. The molecule has 2 atom stereocenters. The Labute approximate surface area is 234 Å². The van der Waals surface area contributed by atoms with Crippen LogP contribution in [0.25, 0.3) is 22.3 Å². The summed E-state index contributed by atoms with van der Waals surface area (Å²) in [7, 11) is 0. The highest BCUT2D eigenvalue weighted by Gasteiger charge is 2.42. The zero-order valence-electron chi connectivity index (χ0n) is 23.8. The first-order chi connectivity index (χ1) is 19.1. The van der Waals surface area contributed by atoms with E-state index in [1.54, 1.807) is 9.58 Å². The number of alkyl halides is 1. The predicted molar refractivity (Wildman–Crippen MR) is 152 cm³/mol. The van der Waals surface area contributed by atoms with Gasteiger partial charge in [-0.05, 0) is 34.1 Å². The fourth-order valence-corrected chi connectivity index (χ4v) is 6.11. The third-order valence-electron chi connectivity index (χ3n) is 8.28. The maximum atomic E-state index is 15.8. The van der Waals surface area contributed by atoms with Gasteiger partial charge in [0.15, 0.2) is 5.65 Å². The largest absolute Gasteiger partial charge is 0.444 e. The minimum atomic E-state index is -1.07. The first kappa shape index (κ1) is 26.9. The highest BCUT2D eigenvalue weighted by atomic mass is 19.1. The number of carbonyl (C=O) groups is 1. The van der Waals surface area contributed by atoms with E-state index in [2.05, 4.69) is 19.8 Å². The van der Waals surface area contributed by atoms with Crippen LogP contribution in [0.1, 0.15) is 38.8 Å². The number of likely N-dealkylation sites (tertiary alicyclic amines) is 3. The number of halogens is 1. The van der Waals surface area contributed by atoms with E-state index >= 15 is 4.39 Å². The maximum Gasteiger partial charge on any atom is 0.410 e. The number of rotatable bonds is 5. The molecule has 1 amide bonds. The van der Waals surface area contributed by atoms with Crippen molar-refractivity contribution in [2.75, 3.05) is 51.5 Å². The molecule has 0 bridgehead atoms. The summed E-state index contributed by atoms with van der Waals surface area (Å²) in [6.45, 7) is 13.2. The molecule has 6 rings (SSSR count). The molecule has 1 aromatic carbocycles. The van der Waals surface area contributed by atoms with Crippen LogP contribution >= 0.6 is 0 Å². The van der Waals surface area contributed by atoms with E-state index in [1.807, 2.05) is 52.0 Å². The second kappa shape index (κ2) is 10.3. The number of aromatic nitrogens is 4. The van der Waals surface area contributed by atoms with Gasteiger partial charge in [0.1, 0.15) is 29.6 Å². The molecule has 3 aliphatic rings. The molecule has 11 heteroatoms. The molecule has 3 aromatic rings. The lowest BCUT2D eigenvalue weighted by atomic mass is 9.95. The molecule has 214 valence electrons. The lowest BCUT2D eigenvalue weighted by Gasteiger charge is -2.50. The zero-order valence-corrected chi connectivity index (χ0v) is 23.8. The molecule has 2 N–H and O–H groups in total. The van der Waals surface area contributed by atoms with E-state index in [0.717, 1.165) is 50.4 Å². The van der Waals surface area contributed by atoms with Crippen molar-refractivity contribution in [1.29, 1.82) is 0 Å². The molecule has 0 unspecified atom stereocenters. The molecule has 0 aliphatic carbocycles. The smallest absolute Gasteiger partial charge is 0.410 e. The van der Waals surface area contributed by atoms with Crippen molar-refractivity contribution in [1.82, 2.24) is 34.4 Å². The average Bonchev–Trinajstić information content (AvgIpc) is 3.22. The number of nitrogens with zero attached hydrogens (tertiary/aromatic N) is 7. The Hall–Kier alpha value is -3.31. The third kappa shape index (κ3) is 5.24. The van der Waals surface area contributed by atoms with Crippen molar-refractivity contribution < 1.29 is 13.9 Å². The topological polar surface area (TPSA) is 106 Å². The average molecular weight is 551 g/mol. The van der Waals surface area contributed by atoms with Crippen LogP contribution in [0.4, 0.5) is 15.0 Å². The van der Waals surface area contributed by atoms with Crippen LogP contribution in [0, 0.1) is 12.8 Å². The van der Waals surface area contributed by atoms with E-state index in [1.165, 1.54) is 6.33 Å². The van der Waals surface area contributed by atoms with Crippen LogP contribution in [-0.4, -0.2) is 104 Å². The van der Waals surface area contributed by atoms with Gasteiger partial charge in [0.25, 0.3) is 0 Å². The summed E-state index contributed by atoms with van der Waals surface area (Å²) in [6, 6.07) is 8.02. The number of nitrogen functional groups attached to an aromatic ring is 1. The SMILES string of the molecule is Cc1ccc(-c2nn([C@H]3CCN(C4CN(CC5CN(C(=O)OC(C)(C)C)C5)C4)C[C@H]3F)c3ncnc(N)c23)cc1. The summed E-state index contributed by atoms with van der Waals surface area (Å²) in [5, 5.41) is 5.53. The molecular weight excluding hydrogens is 511 g/mol. The molecule has 0 spiro atoms. The fraction of sp³-hybridized carbons (Fsp3) is 0.586. The number of amides is 1. The number of benzene rings is 1. The van der Waals surface area contributed by atoms with Gasteiger partial charge in [-0.25, -0.2) is 23.8 Å². The second-order valence-corrected chi connectivity index (χ2v) is 12.6. The Bertz CT molecular complexity index is 1380. The molecule has 3 saturated heterocycles. The highest BCUT2D eigenvalue weighted by molar-refractivity contribution is 5.98. The number of hydrogen-bond acceptors (Lipinski definition) is 8. The molecule has 5 heterocycles. The van der Waals surface area contributed by atoms with Crippen molar-refractivity contribution in [3.63, 3.8) is 0 Å². The standard InChI is InChI=1S/C29H39FN8O2/c1-18-5-7-20(8-6-18)25-24-26(31)32-17-33-27(24)38(34-25)23-9-10-36(16-22(23)30)21-14-35(15-21)11-19-12-37(13-19)28(39)40-29(2,3)4/h5-8,17,19,21-23H,9-16H2,1-4H3,(H2,31,32,33)/t22-,23+/m1/s1. The summed E-state index contributed by atoms with van der Waals surface area (Å²) >= 11 is 0. The number of hydrogen-bond donors (Lipinski definition) is 1. The highest BCUT2D eigenvalue weighted by Crippen LogP contribution is 2.36. The van der Waals surface area contributed by atoms with Gasteiger partial charge in [0.2, 0.25) is 0 Å². The van der Waals surface area contributed by atoms with Gasteiger partial charge in [-0.1, -0.05) is 29.8 Å². The van der Waals surface area contributed by atoms with Crippen LogP contribution in [0.2, 0.25) is 0 Å². The lowest BCUT2D eigenvalue weighted by Crippen LogP contribution is -2.64. The van der Waals surface area contributed by atoms with E-state index in [0.29, 0.717) is 47.5 Å². The molecule has 10 nitrogen and oxygen atoms in total. The van der Waals surface area contributed by atoms with Crippen LogP contribution in [0.5, 0.6) is 0 Å². The van der Waals surface area contributed by atoms with Crippen LogP contribution in [0.3, 0.4) is 0 Å². The zero-order chi connectivity index (χ0) is 28.2. The van der Waals surface area contributed by atoms with Gasteiger partial charge < -0.3 is 15.4 Å². The van der Waals surface area contributed by atoms with Crippen LogP contribution < -0.4 is 5.73 Å². The van der Waals surface area contributed by atoms with Gasteiger partial charge in [-0.15, -0.1) is 0 Å². The predicted octanol–water partition coefficient (Wildman–Crippen LogP) is 3.52. The lowest BCUT2D eigenvalue weighted by molar-refractivity contribution is -0.0378. The number of carbonyl (C=O) groups excluding carboxylic acids is 1. The number of aryl methyl sites for hydroxylation is 1. The molecule has 2 aromatic heterocycles. The minimum absolute atomic E-state index is 0.229. The molecule has 40 heavy (non-hydrogen) atoms. The Morgan fingerprint density at radius 3 is 2.50 bits per heavy atom. The molecule has 0 saturated carbocycles. The summed E-state index contributed by atoms with van der Waals surface area (Å²) in [6.07, 6.45) is 0.780. The molecule has 0 radical (unpaired) electrons. The van der Waals surface area contributed by atoms with Crippen LogP contribution in [0.15, 0.2) is 30.6 Å². The van der Waals surface area contributed by atoms with Gasteiger partial charge in [0.05, 0.1) is 11.4 Å². The van der Waals surface area contributed by atoms with E-state index in [9.17, 15) is 4.79 Å². The van der Waals surface area contributed by atoms with E-state index in [-0.39, 0.29) is 6.09 Å². The summed E-state index contributed by atoms with van der Waals surface area (Å²) in [4.78, 5) is 27.3. The number of piperidine rings is 1. The normalized spacial score (nSPS) is 23.3. The van der Waals surface area contributed by atoms with E-state index in [4.69, 9.17) is 15.6 Å². The molecule has 3 aliphatic heterocycles. The molecule has 3 fully saturated rings. The van der Waals surface area contributed by atoms with Crippen molar-refractivity contribution in [2.24, 2.45) is 5.92 Å². The van der Waals surface area contributed by atoms with Gasteiger partial charge in [-0.3, -0.25) is 9.80 Å². The number of fused-ring (bicyclic) bond motifs is 1. The minimum Gasteiger partial charge on any atom is -0.444 e. The van der Waals surface area contributed by atoms with Gasteiger partial charge in [-0.2, -0.15) is 5.10 Å². The monoisotopic (exact) mass is 550 g/mol. The third-order valence-corrected chi connectivity index (χ3v) is 8.28. The van der Waals surface area contributed by atoms with E-state index < -0.39 is 17.8 Å². The maximum absolute atomic E-state index is 15.8. The van der Waals surface area contributed by atoms with Gasteiger partial charge in [0, 0.05) is 63.3 Å².